The number of tetrazole rings is 1. The average molecular weight is 259 g/mol. The molecule has 2 heterocycles. The van der Waals surface area contributed by atoms with E-state index in [0.717, 1.165) is 41.2 Å². The lowest BCUT2D eigenvalue weighted by Crippen LogP contribution is -2.12. The second-order valence-electron chi connectivity index (χ2n) is 4.99. The van der Waals surface area contributed by atoms with Crippen LogP contribution in [0, 0.1) is 13.8 Å². The van der Waals surface area contributed by atoms with Gasteiger partial charge < -0.3 is 10.5 Å². The second kappa shape index (κ2) is 4.62. The van der Waals surface area contributed by atoms with Gasteiger partial charge in [-0.3, -0.25) is 0 Å². The van der Waals surface area contributed by atoms with Gasteiger partial charge >= 0.3 is 0 Å². The zero-order chi connectivity index (χ0) is 13.4. The van der Waals surface area contributed by atoms with Crippen LogP contribution in [0.3, 0.4) is 0 Å². The highest BCUT2D eigenvalue weighted by molar-refractivity contribution is 5.67. The molecule has 0 amide bonds. The summed E-state index contributed by atoms with van der Waals surface area (Å²) < 4.78 is 7.26. The first-order valence-corrected chi connectivity index (χ1v) is 6.39. The van der Waals surface area contributed by atoms with E-state index in [2.05, 4.69) is 21.6 Å². The van der Waals surface area contributed by atoms with Crippen molar-refractivity contribution in [2.75, 3.05) is 18.9 Å². The van der Waals surface area contributed by atoms with Gasteiger partial charge in [-0.05, 0) is 47.9 Å². The SMILES string of the molecule is Cc1cc(C)c(-c2nnnn2C2CCOC2)cc1N. The summed E-state index contributed by atoms with van der Waals surface area (Å²) >= 11 is 0. The normalized spacial score (nSPS) is 18.9. The van der Waals surface area contributed by atoms with Crippen LogP contribution in [-0.4, -0.2) is 33.4 Å². The van der Waals surface area contributed by atoms with Crippen molar-refractivity contribution in [1.29, 1.82) is 0 Å². The van der Waals surface area contributed by atoms with Crippen molar-refractivity contribution in [3.63, 3.8) is 0 Å². The van der Waals surface area contributed by atoms with E-state index in [1.165, 1.54) is 0 Å². The minimum Gasteiger partial charge on any atom is -0.398 e. The first-order chi connectivity index (χ1) is 9.16. The molecule has 0 aliphatic carbocycles. The topological polar surface area (TPSA) is 78.8 Å². The summed E-state index contributed by atoms with van der Waals surface area (Å²) in [6.07, 6.45) is 0.943. The van der Waals surface area contributed by atoms with Gasteiger partial charge in [-0.25, -0.2) is 4.68 Å². The van der Waals surface area contributed by atoms with Crippen LogP contribution in [0.5, 0.6) is 0 Å². The van der Waals surface area contributed by atoms with Gasteiger partial charge in [0.2, 0.25) is 0 Å². The fourth-order valence-corrected chi connectivity index (χ4v) is 2.44. The van der Waals surface area contributed by atoms with Crippen molar-refractivity contribution < 1.29 is 4.74 Å². The van der Waals surface area contributed by atoms with Crippen LogP contribution in [0.15, 0.2) is 12.1 Å². The number of hydrogen-bond acceptors (Lipinski definition) is 5. The number of nitrogen functional groups attached to an aromatic ring is 1. The number of aryl methyl sites for hydroxylation is 2. The van der Waals surface area contributed by atoms with Crippen LogP contribution in [0.25, 0.3) is 11.4 Å². The van der Waals surface area contributed by atoms with Gasteiger partial charge in [0.1, 0.15) is 0 Å². The largest absolute Gasteiger partial charge is 0.398 e. The van der Waals surface area contributed by atoms with E-state index in [0.29, 0.717) is 6.61 Å². The molecule has 2 aromatic rings. The summed E-state index contributed by atoms with van der Waals surface area (Å²) in [5, 5.41) is 12.1. The summed E-state index contributed by atoms with van der Waals surface area (Å²) in [7, 11) is 0. The minimum atomic E-state index is 0.215. The highest BCUT2D eigenvalue weighted by Crippen LogP contribution is 2.29. The van der Waals surface area contributed by atoms with Crippen LogP contribution in [-0.2, 0) is 4.74 Å². The number of ether oxygens (including phenoxy) is 1. The van der Waals surface area contributed by atoms with Crippen molar-refractivity contribution in [1.82, 2.24) is 20.2 Å². The lowest BCUT2D eigenvalue weighted by Gasteiger charge is -2.13. The van der Waals surface area contributed by atoms with E-state index in [1.54, 1.807) is 0 Å². The van der Waals surface area contributed by atoms with Crippen molar-refractivity contribution in [2.24, 2.45) is 0 Å². The Labute approximate surface area is 111 Å². The molecule has 2 N–H and O–H groups in total. The van der Waals surface area contributed by atoms with Crippen LogP contribution >= 0.6 is 0 Å². The van der Waals surface area contributed by atoms with Gasteiger partial charge in [0.15, 0.2) is 5.82 Å². The van der Waals surface area contributed by atoms with Crippen LogP contribution < -0.4 is 5.73 Å². The van der Waals surface area contributed by atoms with Crippen molar-refractivity contribution in [3.8, 4) is 11.4 Å². The van der Waals surface area contributed by atoms with Gasteiger partial charge in [-0.1, -0.05) is 6.07 Å². The van der Waals surface area contributed by atoms with Crippen molar-refractivity contribution in [3.05, 3.63) is 23.3 Å². The lowest BCUT2D eigenvalue weighted by atomic mass is 10.0. The molecule has 1 aliphatic heterocycles. The Hall–Kier alpha value is -1.95. The predicted octanol–water partition coefficient (Wildman–Crippen LogP) is 1.50. The van der Waals surface area contributed by atoms with Crippen LogP contribution in [0.1, 0.15) is 23.6 Å². The Morgan fingerprint density at radius 1 is 1.32 bits per heavy atom. The summed E-state index contributed by atoms with van der Waals surface area (Å²) in [4.78, 5) is 0. The molecule has 3 rings (SSSR count). The molecule has 1 fully saturated rings. The molecule has 1 unspecified atom stereocenters. The maximum Gasteiger partial charge on any atom is 0.182 e. The Kier molecular flexibility index (Phi) is 2.94. The summed E-state index contributed by atoms with van der Waals surface area (Å²) in [5.41, 5.74) is 9.94. The molecule has 1 aliphatic rings. The Balaban J connectivity index is 2.07. The van der Waals surface area contributed by atoms with Gasteiger partial charge in [-0.2, -0.15) is 0 Å². The average Bonchev–Trinajstić information content (AvgIpc) is 3.03. The molecular weight excluding hydrogens is 242 g/mol. The molecule has 0 saturated carbocycles. The molecular formula is C13H17N5O. The predicted molar refractivity (Wildman–Crippen MR) is 71.6 cm³/mol. The fourth-order valence-electron chi connectivity index (χ4n) is 2.44. The molecule has 0 bridgehead atoms. The van der Waals surface area contributed by atoms with E-state index in [4.69, 9.17) is 10.5 Å². The molecule has 6 nitrogen and oxygen atoms in total. The third-order valence-corrected chi connectivity index (χ3v) is 3.60. The number of nitrogens with zero attached hydrogens (tertiary/aromatic N) is 4. The molecule has 0 radical (unpaired) electrons. The molecule has 1 atom stereocenters. The molecule has 6 heteroatoms. The van der Waals surface area contributed by atoms with Crippen LogP contribution in [0.4, 0.5) is 5.69 Å². The number of anilines is 1. The lowest BCUT2D eigenvalue weighted by molar-refractivity contribution is 0.184. The summed E-state index contributed by atoms with van der Waals surface area (Å²) in [6.45, 7) is 5.48. The number of aromatic nitrogens is 4. The van der Waals surface area contributed by atoms with E-state index in [-0.39, 0.29) is 6.04 Å². The third-order valence-electron chi connectivity index (χ3n) is 3.60. The minimum absolute atomic E-state index is 0.215. The number of rotatable bonds is 2. The molecule has 1 aromatic carbocycles. The summed E-state index contributed by atoms with van der Waals surface area (Å²) in [6, 6.07) is 4.23. The number of hydrogen-bond donors (Lipinski definition) is 1. The molecule has 1 aromatic heterocycles. The highest BCUT2D eigenvalue weighted by Gasteiger charge is 2.23. The van der Waals surface area contributed by atoms with E-state index in [1.807, 2.05) is 24.6 Å². The Morgan fingerprint density at radius 3 is 2.89 bits per heavy atom. The number of nitrogens with two attached hydrogens (primary N) is 1. The molecule has 1 saturated heterocycles. The van der Waals surface area contributed by atoms with Gasteiger partial charge in [0.25, 0.3) is 0 Å². The van der Waals surface area contributed by atoms with E-state index >= 15 is 0 Å². The highest BCUT2D eigenvalue weighted by atomic mass is 16.5. The quantitative estimate of drug-likeness (QED) is 0.827. The Bertz CT molecular complexity index is 601. The second-order valence-corrected chi connectivity index (χ2v) is 4.99. The summed E-state index contributed by atoms with van der Waals surface area (Å²) in [5.74, 6) is 0.764. The molecule has 19 heavy (non-hydrogen) atoms. The first kappa shape index (κ1) is 12.1. The van der Waals surface area contributed by atoms with Gasteiger partial charge in [0, 0.05) is 17.9 Å². The third kappa shape index (κ3) is 2.08. The number of benzene rings is 1. The zero-order valence-electron chi connectivity index (χ0n) is 11.1. The van der Waals surface area contributed by atoms with E-state index < -0.39 is 0 Å². The maximum atomic E-state index is 6.00. The zero-order valence-corrected chi connectivity index (χ0v) is 11.1. The standard InChI is InChI=1S/C13H17N5O/c1-8-5-9(2)12(14)6-11(8)13-15-16-17-18(13)10-3-4-19-7-10/h5-6,10H,3-4,7,14H2,1-2H3. The first-order valence-electron chi connectivity index (χ1n) is 6.39. The van der Waals surface area contributed by atoms with Crippen LogP contribution in [0.2, 0.25) is 0 Å². The van der Waals surface area contributed by atoms with E-state index in [9.17, 15) is 0 Å². The van der Waals surface area contributed by atoms with Crippen molar-refractivity contribution >= 4 is 5.69 Å². The Morgan fingerprint density at radius 2 is 2.16 bits per heavy atom. The maximum absolute atomic E-state index is 6.00. The molecule has 0 spiro atoms. The molecule has 100 valence electrons. The fraction of sp³-hybridized carbons (Fsp3) is 0.462. The van der Waals surface area contributed by atoms with Gasteiger partial charge in [-0.15, -0.1) is 5.10 Å². The van der Waals surface area contributed by atoms with Crippen molar-refractivity contribution in [2.45, 2.75) is 26.3 Å². The monoisotopic (exact) mass is 259 g/mol. The smallest absolute Gasteiger partial charge is 0.182 e. The van der Waals surface area contributed by atoms with Gasteiger partial charge in [0.05, 0.1) is 12.6 Å².